The van der Waals surface area contributed by atoms with E-state index in [1.807, 2.05) is 0 Å². The summed E-state index contributed by atoms with van der Waals surface area (Å²) >= 11 is 0. The number of ketones is 1. The first kappa shape index (κ1) is 19.2. The maximum absolute atomic E-state index is 12.4. The van der Waals surface area contributed by atoms with Crippen LogP contribution in [-0.2, 0) is 16.0 Å². The van der Waals surface area contributed by atoms with Gasteiger partial charge in [0, 0.05) is 19.4 Å². The van der Waals surface area contributed by atoms with E-state index in [0.717, 1.165) is 19.3 Å². The van der Waals surface area contributed by atoms with Gasteiger partial charge in [-0.3, -0.25) is 4.79 Å². The summed E-state index contributed by atoms with van der Waals surface area (Å²) < 4.78 is 5.35. The Hall–Kier alpha value is -1.88. The molecule has 1 aromatic carbocycles. The molecule has 2 unspecified atom stereocenters. The Morgan fingerprint density at radius 2 is 1.65 bits per heavy atom. The minimum absolute atomic E-state index is 0.199. The fraction of sp³-hybridized carbons (Fsp3) is 0.556. The molecule has 23 heavy (non-hydrogen) atoms. The lowest BCUT2D eigenvalue weighted by Crippen LogP contribution is -2.16. The highest BCUT2D eigenvalue weighted by Crippen LogP contribution is 2.30. The van der Waals surface area contributed by atoms with Crippen LogP contribution in [-0.4, -0.2) is 35.4 Å². The van der Waals surface area contributed by atoms with Crippen LogP contribution in [0.2, 0.25) is 0 Å². The predicted octanol–water partition coefficient (Wildman–Crippen LogP) is 3.76. The van der Waals surface area contributed by atoms with Crippen molar-refractivity contribution in [1.82, 2.24) is 0 Å². The van der Waals surface area contributed by atoms with E-state index in [-0.39, 0.29) is 12.0 Å². The molecular weight excluding hydrogens is 296 g/mol. The Morgan fingerprint density at radius 3 is 2.09 bits per heavy atom. The third-order valence-electron chi connectivity index (χ3n) is 4.36. The normalized spacial score (nSPS) is 19.8. The minimum atomic E-state index is -1.83. The Morgan fingerprint density at radius 1 is 1.13 bits per heavy atom. The molecule has 0 aliphatic heterocycles. The molecule has 128 valence electrons. The van der Waals surface area contributed by atoms with E-state index in [2.05, 4.69) is 32.9 Å². The lowest BCUT2D eigenvalue weighted by Gasteiger charge is -2.14. The topological polar surface area (TPSA) is 83.8 Å². The van der Waals surface area contributed by atoms with Crippen LogP contribution in [0.5, 0.6) is 0 Å². The van der Waals surface area contributed by atoms with Gasteiger partial charge >= 0.3 is 6.16 Å². The first-order valence-corrected chi connectivity index (χ1v) is 7.78. The molecule has 1 aromatic rings. The van der Waals surface area contributed by atoms with Gasteiger partial charge in [-0.05, 0) is 56.7 Å². The number of rotatable bonds is 4. The number of carbonyl (C=O) groups excluding carboxylic acids is 1. The summed E-state index contributed by atoms with van der Waals surface area (Å²) in [7, 11) is 1.74. The molecule has 2 rings (SSSR count). The van der Waals surface area contributed by atoms with Crippen LogP contribution in [0.15, 0.2) is 12.1 Å². The van der Waals surface area contributed by atoms with Gasteiger partial charge in [-0.25, -0.2) is 4.79 Å². The van der Waals surface area contributed by atoms with E-state index in [1.54, 1.807) is 7.11 Å². The molecule has 5 nitrogen and oxygen atoms in total. The molecular formula is C18H26O5. The number of hydrogen-bond donors (Lipinski definition) is 2. The molecule has 0 saturated heterocycles. The molecule has 0 aromatic heterocycles. The van der Waals surface area contributed by atoms with Crippen molar-refractivity contribution in [3.63, 3.8) is 0 Å². The van der Waals surface area contributed by atoms with Gasteiger partial charge in [-0.15, -0.1) is 0 Å². The van der Waals surface area contributed by atoms with Crippen LogP contribution >= 0.6 is 0 Å². The maximum atomic E-state index is 12.4. The average molecular weight is 322 g/mol. The van der Waals surface area contributed by atoms with E-state index in [9.17, 15) is 4.79 Å². The molecule has 1 saturated carbocycles. The van der Waals surface area contributed by atoms with E-state index in [4.69, 9.17) is 19.7 Å². The molecule has 0 amide bonds. The third kappa shape index (κ3) is 6.02. The highest BCUT2D eigenvalue weighted by molar-refractivity contribution is 5.84. The number of carbonyl (C=O) groups is 2. The monoisotopic (exact) mass is 322 g/mol. The predicted molar refractivity (Wildman–Crippen MR) is 88.2 cm³/mol. The number of Topliss-reactive ketones (excluding diaryl/α,β-unsaturated/α-hetero) is 1. The van der Waals surface area contributed by atoms with Crippen LogP contribution in [0.3, 0.4) is 0 Å². The van der Waals surface area contributed by atoms with Crippen molar-refractivity contribution in [3.05, 3.63) is 34.4 Å². The summed E-state index contributed by atoms with van der Waals surface area (Å²) in [5.74, 6) is 0.583. The average Bonchev–Trinajstić information content (AvgIpc) is 2.91. The van der Waals surface area contributed by atoms with Crippen LogP contribution < -0.4 is 0 Å². The van der Waals surface area contributed by atoms with Gasteiger partial charge in [0.25, 0.3) is 0 Å². The second kappa shape index (κ2) is 8.67. The Balaban J connectivity index is 0.000000593. The highest BCUT2D eigenvalue weighted by atomic mass is 16.6. The zero-order chi connectivity index (χ0) is 17.6. The van der Waals surface area contributed by atoms with Gasteiger partial charge < -0.3 is 14.9 Å². The summed E-state index contributed by atoms with van der Waals surface area (Å²) in [6, 6.07) is 4.34. The lowest BCUT2D eigenvalue weighted by atomic mass is 9.91. The Labute approximate surface area is 137 Å². The van der Waals surface area contributed by atoms with Crippen molar-refractivity contribution in [1.29, 1.82) is 0 Å². The largest absolute Gasteiger partial charge is 0.503 e. The standard InChI is InChI=1S/C17H24O2.CH2O3/c1-11-7-12(2)16(13(3)8-11)10-17(18)14-5-6-15(9-14)19-4;2-1(3)4/h7-8,14-15H,5-6,9-10H2,1-4H3;(H2,2,3,4). The van der Waals surface area contributed by atoms with Crippen LogP contribution in [0.1, 0.15) is 41.5 Å². The number of methoxy groups -OCH3 is 1. The quantitative estimate of drug-likeness (QED) is 0.881. The van der Waals surface area contributed by atoms with Gasteiger partial charge in [0.1, 0.15) is 5.78 Å². The van der Waals surface area contributed by atoms with Gasteiger partial charge in [0.15, 0.2) is 0 Å². The minimum Gasteiger partial charge on any atom is -0.450 e. The lowest BCUT2D eigenvalue weighted by molar-refractivity contribution is -0.122. The van der Waals surface area contributed by atoms with Crippen molar-refractivity contribution in [2.75, 3.05) is 7.11 Å². The number of hydrogen-bond acceptors (Lipinski definition) is 3. The smallest absolute Gasteiger partial charge is 0.450 e. The van der Waals surface area contributed by atoms with Crippen molar-refractivity contribution in [3.8, 4) is 0 Å². The van der Waals surface area contributed by atoms with E-state index in [1.165, 1.54) is 22.3 Å². The number of ether oxygens (including phenoxy) is 1. The number of carboxylic acid groups (broad SMARTS) is 2. The van der Waals surface area contributed by atoms with E-state index >= 15 is 0 Å². The molecule has 0 bridgehead atoms. The summed E-state index contributed by atoms with van der Waals surface area (Å²) in [6.07, 6.45) is 1.95. The maximum Gasteiger partial charge on any atom is 0.503 e. The van der Waals surface area contributed by atoms with Crippen LogP contribution in [0, 0.1) is 26.7 Å². The summed E-state index contributed by atoms with van der Waals surface area (Å²) in [5, 5.41) is 13.9. The molecule has 0 radical (unpaired) electrons. The van der Waals surface area contributed by atoms with Crippen LogP contribution in [0.4, 0.5) is 4.79 Å². The fourth-order valence-electron chi connectivity index (χ4n) is 3.25. The number of benzene rings is 1. The summed E-state index contributed by atoms with van der Waals surface area (Å²) in [4.78, 5) is 21.0. The molecule has 1 aliphatic rings. The zero-order valence-electron chi connectivity index (χ0n) is 14.3. The molecule has 0 heterocycles. The van der Waals surface area contributed by atoms with Gasteiger partial charge in [0.2, 0.25) is 0 Å². The molecule has 5 heteroatoms. The van der Waals surface area contributed by atoms with Crippen molar-refractivity contribution >= 4 is 11.9 Å². The summed E-state index contributed by atoms with van der Waals surface area (Å²) in [5.41, 5.74) is 4.97. The molecule has 1 aliphatic carbocycles. The SMILES string of the molecule is COC1CCC(C(=O)Cc2c(C)cc(C)cc2C)C1.O=C(O)O. The first-order valence-electron chi connectivity index (χ1n) is 7.78. The van der Waals surface area contributed by atoms with Crippen molar-refractivity contribution < 1.29 is 24.5 Å². The zero-order valence-corrected chi connectivity index (χ0v) is 14.3. The van der Waals surface area contributed by atoms with Gasteiger partial charge in [-0.1, -0.05) is 17.7 Å². The number of aryl methyl sites for hydroxylation is 3. The molecule has 2 N–H and O–H groups in total. The fourth-order valence-corrected chi connectivity index (χ4v) is 3.25. The second-order valence-corrected chi connectivity index (χ2v) is 6.17. The second-order valence-electron chi connectivity index (χ2n) is 6.17. The van der Waals surface area contributed by atoms with E-state index < -0.39 is 6.16 Å². The Bertz CT molecular complexity index is 538. The first-order chi connectivity index (χ1) is 10.7. The summed E-state index contributed by atoms with van der Waals surface area (Å²) in [6.45, 7) is 6.32. The van der Waals surface area contributed by atoms with Crippen molar-refractivity contribution in [2.24, 2.45) is 5.92 Å². The van der Waals surface area contributed by atoms with E-state index in [0.29, 0.717) is 12.2 Å². The van der Waals surface area contributed by atoms with Crippen LogP contribution in [0.25, 0.3) is 0 Å². The van der Waals surface area contributed by atoms with Crippen molar-refractivity contribution in [2.45, 2.75) is 52.6 Å². The van der Waals surface area contributed by atoms with Gasteiger partial charge in [0.05, 0.1) is 6.10 Å². The Kier molecular flexibility index (Phi) is 7.23. The molecule has 1 fully saturated rings. The molecule has 0 spiro atoms. The van der Waals surface area contributed by atoms with Gasteiger partial charge in [-0.2, -0.15) is 0 Å². The highest BCUT2D eigenvalue weighted by Gasteiger charge is 2.29. The third-order valence-corrected chi connectivity index (χ3v) is 4.36. The molecule has 2 atom stereocenters.